The Morgan fingerprint density at radius 3 is 2.18 bits per heavy atom. The summed E-state index contributed by atoms with van der Waals surface area (Å²) in [4.78, 5) is 12.2. The van der Waals surface area contributed by atoms with Crippen molar-refractivity contribution in [3.8, 4) is 11.5 Å². The van der Waals surface area contributed by atoms with Crippen LogP contribution in [0.2, 0.25) is 10.0 Å². The van der Waals surface area contributed by atoms with Gasteiger partial charge in [-0.25, -0.2) is 0 Å². The van der Waals surface area contributed by atoms with Crippen molar-refractivity contribution in [2.24, 2.45) is 0 Å². The highest BCUT2D eigenvalue weighted by molar-refractivity contribution is 6.34. The molecule has 0 N–H and O–H groups in total. The number of ketones is 1. The Labute approximate surface area is 139 Å². The van der Waals surface area contributed by atoms with Gasteiger partial charge in [0.1, 0.15) is 0 Å². The second-order valence-electron chi connectivity index (χ2n) is 4.47. The first-order valence-electron chi connectivity index (χ1n) is 6.44. The second kappa shape index (κ2) is 7.34. The van der Waals surface area contributed by atoms with Crippen molar-refractivity contribution in [2.75, 3.05) is 14.2 Å². The minimum absolute atomic E-state index is 0.156. The summed E-state index contributed by atoms with van der Waals surface area (Å²) in [6.07, 6.45) is 3.13. The van der Waals surface area contributed by atoms with Gasteiger partial charge >= 0.3 is 0 Å². The van der Waals surface area contributed by atoms with Gasteiger partial charge in [0.25, 0.3) is 0 Å². The maximum absolute atomic E-state index is 12.2. The van der Waals surface area contributed by atoms with Gasteiger partial charge in [0.05, 0.1) is 14.2 Å². The quantitative estimate of drug-likeness (QED) is 0.575. The summed E-state index contributed by atoms with van der Waals surface area (Å²) in [6, 6.07) is 10.1. The Bertz CT molecular complexity index is 704. The molecular formula is C17H14Cl2O3. The highest BCUT2D eigenvalue weighted by atomic mass is 35.5. The fourth-order valence-corrected chi connectivity index (χ4v) is 2.47. The number of ether oxygens (including phenoxy) is 2. The maximum atomic E-state index is 12.2. The largest absolute Gasteiger partial charge is 0.493 e. The zero-order valence-electron chi connectivity index (χ0n) is 12.1. The van der Waals surface area contributed by atoms with Crippen LogP contribution in [0.25, 0.3) is 6.08 Å². The summed E-state index contributed by atoms with van der Waals surface area (Å²) in [5, 5.41) is 1.04. The molecule has 2 rings (SSSR count). The van der Waals surface area contributed by atoms with E-state index >= 15 is 0 Å². The number of carbonyl (C=O) groups excluding carboxylic acids is 1. The van der Waals surface area contributed by atoms with Gasteiger partial charge in [0.2, 0.25) is 0 Å². The Balaban J connectivity index is 2.23. The molecule has 0 aliphatic heterocycles. The molecule has 2 aromatic carbocycles. The number of allylic oxidation sites excluding steroid dienone is 1. The Morgan fingerprint density at radius 2 is 1.59 bits per heavy atom. The molecule has 0 fully saturated rings. The van der Waals surface area contributed by atoms with Gasteiger partial charge in [-0.3, -0.25) is 4.79 Å². The molecule has 0 aromatic heterocycles. The van der Waals surface area contributed by atoms with Crippen molar-refractivity contribution in [1.29, 1.82) is 0 Å². The number of hydrogen-bond acceptors (Lipinski definition) is 3. The van der Waals surface area contributed by atoms with Crippen LogP contribution in [-0.2, 0) is 0 Å². The van der Waals surface area contributed by atoms with E-state index in [2.05, 4.69) is 0 Å². The fraction of sp³-hybridized carbons (Fsp3) is 0.118. The molecule has 0 unspecified atom stereocenters. The van der Waals surface area contributed by atoms with Crippen LogP contribution in [0, 0.1) is 0 Å². The average molecular weight is 337 g/mol. The lowest BCUT2D eigenvalue weighted by atomic mass is 10.1. The van der Waals surface area contributed by atoms with Crippen LogP contribution >= 0.6 is 23.2 Å². The standard InChI is InChI=1S/C17H14Cl2O3/c1-21-16-6-4-12(9-17(16)22-2)15(20)5-3-11-7-13(18)10-14(19)8-11/h3-10H,1-2H3/b5-3+. The van der Waals surface area contributed by atoms with Crippen molar-refractivity contribution < 1.29 is 14.3 Å². The third kappa shape index (κ3) is 4.03. The highest BCUT2D eigenvalue weighted by Gasteiger charge is 2.08. The summed E-state index contributed by atoms with van der Waals surface area (Å²) in [6.45, 7) is 0. The molecule has 0 saturated carbocycles. The first-order valence-corrected chi connectivity index (χ1v) is 7.19. The third-order valence-corrected chi connectivity index (χ3v) is 3.42. The average Bonchev–Trinajstić information content (AvgIpc) is 2.51. The number of hydrogen-bond donors (Lipinski definition) is 0. The van der Waals surface area contributed by atoms with E-state index in [0.29, 0.717) is 27.1 Å². The summed E-state index contributed by atoms with van der Waals surface area (Å²) < 4.78 is 10.3. The molecule has 0 radical (unpaired) electrons. The van der Waals surface area contributed by atoms with Crippen molar-refractivity contribution >= 4 is 35.1 Å². The molecule has 0 heterocycles. The lowest BCUT2D eigenvalue weighted by molar-refractivity contribution is 0.104. The van der Waals surface area contributed by atoms with Crippen LogP contribution in [0.1, 0.15) is 15.9 Å². The first kappa shape index (κ1) is 16.4. The summed E-state index contributed by atoms with van der Waals surface area (Å²) in [7, 11) is 3.07. The molecule has 114 valence electrons. The van der Waals surface area contributed by atoms with E-state index in [-0.39, 0.29) is 5.78 Å². The molecule has 0 aliphatic rings. The van der Waals surface area contributed by atoms with Gasteiger partial charge in [-0.2, -0.15) is 0 Å². The van der Waals surface area contributed by atoms with E-state index < -0.39 is 0 Å². The van der Waals surface area contributed by atoms with Crippen molar-refractivity contribution in [2.45, 2.75) is 0 Å². The van der Waals surface area contributed by atoms with Gasteiger partial charge < -0.3 is 9.47 Å². The van der Waals surface area contributed by atoms with Crippen molar-refractivity contribution in [3.63, 3.8) is 0 Å². The first-order chi connectivity index (χ1) is 10.5. The molecule has 0 aliphatic carbocycles. The molecule has 0 amide bonds. The Kier molecular flexibility index (Phi) is 5.47. The molecular weight excluding hydrogens is 323 g/mol. The lowest BCUT2D eigenvalue weighted by Gasteiger charge is -2.08. The van der Waals surface area contributed by atoms with Crippen LogP contribution < -0.4 is 9.47 Å². The molecule has 3 nitrogen and oxygen atoms in total. The third-order valence-electron chi connectivity index (χ3n) is 2.98. The molecule has 22 heavy (non-hydrogen) atoms. The summed E-state index contributed by atoms with van der Waals surface area (Å²) in [5.41, 5.74) is 1.26. The van der Waals surface area contributed by atoms with E-state index in [1.165, 1.54) is 13.2 Å². The van der Waals surface area contributed by atoms with Crippen molar-refractivity contribution in [3.05, 3.63) is 63.6 Å². The van der Waals surface area contributed by atoms with Gasteiger partial charge in [0.15, 0.2) is 17.3 Å². The molecule has 0 saturated heterocycles. The smallest absolute Gasteiger partial charge is 0.185 e. The van der Waals surface area contributed by atoms with E-state index in [1.54, 1.807) is 49.6 Å². The molecule has 0 bridgehead atoms. The van der Waals surface area contributed by atoms with E-state index in [4.69, 9.17) is 32.7 Å². The van der Waals surface area contributed by atoms with Gasteiger partial charge in [-0.15, -0.1) is 0 Å². The maximum Gasteiger partial charge on any atom is 0.185 e. The fourth-order valence-electron chi connectivity index (χ4n) is 1.93. The summed E-state index contributed by atoms with van der Waals surface area (Å²) >= 11 is 11.8. The number of methoxy groups -OCH3 is 2. The van der Waals surface area contributed by atoms with Crippen LogP contribution in [-0.4, -0.2) is 20.0 Å². The zero-order valence-corrected chi connectivity index (χ0v) is 13.6. The van der Waals surface area contributed by atoms with Gasteiger partial charge in [-0.1, -0.05) is 29.3 Å². The normalized spacial score (nSPS) is 10.7. The van der Waals surface area contributed by atoms with E-state index in [0.717, 1.165) is 5.56 Å². The van der Waals surface area contributed by atoms with E-state index in [9.17, 15) is 4.79 Å². The van der Waals surface area contributed by atoms with Crippen LogP contribution in [0.3, 0.4) is 0 Å². The molecule has 5 heteroatoms. The van der Waals surface area contributed by atoms with Gasteiger partial charge in [-0.05, 0) is 48.0 Å². The molecule has 0 atom stereocenters. The van der Waals surface area contributed by atoms with Gasteiger partial charge in [0, 0.05) is 15.6 Å². The zero-order chi connectivity index (χ0) is 16.1. The van der Waals surface area contributed by atoms with Crippen LogP contribution in [0.5, 0.6) is 11.5 Å². The second-order valence-corrected chi connectivity index (χ2v) is 5.34. The van der Waals surface area contributed by atoms with Crippen LogP contribution in [0.4, 0.5) is 0 Å². The van der Waals surface area contributed by atoms with E-state index in [1.807, 2.05) is 0 Å². The Morgan fingerprint density at radius 1 is 0.955 bits per heavy atom. The number of halogens is 2. The predicted octanol–water partition coefficient (Wildman–Crippen LogP) is 4.91. The summed E-state index contributed by atoms with van der Waals surface area (Å²) in [5.74, 6) is 0.925. The molecule has 0 spiro atoms. The lowest BCUT2D eigenvalue weighted by Crippen LogP contribution is -1.97. The number of rotatable bonds is 5. The molecule has 2 aromatic rings. The Hall–Kier alpha value is -1.97. The minimum Gasteiger partial charge on any atom is -0.493 e. The van der Waals surface area contributed by atoms with Crippen LogP contribution in [0.15, 0.2) is 42.5 Å². The SMILES string of the molecule is COc1ccc(C(=O)/C=C/c2cc(Cl)cc(Cl)c2)cc1OC. The highest BCUT2D eigenvalue weighted by Crippen LogP contribution is 2.28. The van der Waals surface area contributed by atoms with Crippen molar-refractivity contribution in [1.82, 2.24) is 0 Å². The minimum atomic E-state index is -0.156. The number of carbonyl (C=O) groups is 1. The predicted molar refractivity (Wildman–Crippen MR) is 89.4 cm³/mol. The topological polar surface area (TPSA) is 35.5 Å². The number of benzene rings is 2. The monoisotopic (exact) mass is 336 g/mol.